The third-order valence-electron chi connectivity index (χ3n) is 5.78. The van der Waals surface area contributed by atoms with E-state index in [9.17, 15) is 19.5 Å². The molecule has 0 saturated carbocycles. The smallest absolute Gasteiger partial charge is 0.407 e. The van der Waals surface area contributed by atoms with Crippen molar-refractivity contribution in [3.8, 4) is 16.9 Å². The lowest BCUT2D eigenvalue weighted by molar-refractivity contribution is -0.117. The first-order valence-electron chi connectivity index (χ1n) is 10.7. The Labute approximate surface area is 196 Å². The number of amides is 2. The van der Waals surface area contributed by atoms with Crippen molar-refractivity contribution < 1.29 is 29.0 Å². The molecule has 0 bridgehead atoms. The van der Waals surface area contributed by atoms with E-state index in [2.05, 4.69) is 10.6 Å². The number of aromatic carboxylic acids is 1. The van der Waals surface area contributed by atoms with Crippen LogP contribution in [0, 0.1) is 0 Å². The molecule has 174 valence electrons. The van der Waals surface area contributed by atoms with Crippen LogP contribution in [0.2, 0.25) is 0 Å². The summed E-state index contributed by atoms with van der Waals surface area (Å²) in [7, 11) is 1.41. The lowest BCUT2D eigenvalue weighted by Gasteiger charge is -2.18. The highest BCUT2D eigenvalue weighted by Gasteiger charge is 2.29. The zero-order valence-electron chi connectivity index (χ0n) is 18.7. The predicted octanol–water partition coefficient (Wildman–Crippen LogP) is 4.26. The van der Waals surface area contributed by atoms with Crippen LogP contribution in [0.1, 0.15) is 34.3 Å². The van der Waals surface area contributed by atoms with Gasteiger partial charge >= 0.3 is 12.1 Å². The normalized spacial score (nSPS) is 12.8. The number of nitrogens with one attached hydrogen (secondary N) is 2. The van der Waals surface area contributed by atoms with Crippen LogP contribution < -0.4 is 15.4 Å². The molecule has 3 N–H and O–H groups in total. The number of rotatable bonds is 7. The van der Waals surface area contributed by atoms with Gasteiger partial charge in [-0.15, -0.1) is 0 Å². The third-order valence-corrected chi connectivity index (χ3v) is 5.78. The summed E-state index contributed by atoms with van der Waals surface area (Å²) in [6, 6.07) is 19.2. The number of carbonyl (C=O) groups is 3. The van der Waals surface area contributed by atoms with Gasteiger partial charge in [0.1, 0.15) is 18.4 Å². The lowest BCUT2D eigenvalue weighted by atomic mass is 9.98. The molecule has 0 radical (unpaired) electrons. The average molecular weight is 460 g/mol. The number of anilines is 1. The molecule has 34 heavy (non-hydrogen) atoms. The molecular weight excluding hydrogens is 436 g/mol. The number of hydrogen-bond donors (Lipinski definition) is 3. The number of carbonyl (C=O) groups excluding carboxylic acids is 2. The largest absolute Gasteiger partial charge is 0.495 e. The minimum atomic E-state index is -1.14. The molecule has 8 nitrogen and oxygen atoms in total. The van der Waals surface area contributed by atoms with Crippen molar-refractivity contribution in [1.29, 1.82) is 0 Å². The van der Waals surface area contributed by atoms with Gasteiger partial charge in [-0.25, -0.2) is 9.59 Å². The van der Waals surface area contributed by atoms with E-state index in [1.807, 2.05) is 48.5 Å². The molecule has 8 heteroatoms. The minimum absolute atomic E-state index is 0.00625. The van der Waals surface area contributed by atoms with Crippen LogP contribution in [0.5, 0.6) is 5.75 Å². The van der Waals surface area contributed by atoms with Crippen molar-refractivity contribution >= 4 is 23.7 Å². The molecule has 1 atom stereocenters. The summed E-state index contributed by atoms with van der Waals surface area (Å²) in [5.74, 6) is -1.48. The lowest BCUT2D eigenvalue weighted by Crippen LogP contribution is -2.42. The van der Waals surface area contributed by atoms with Gasteiger partial charge in [-0.2, -0.15) is 0 Å². The molecule has 0 unspecified atom stereocenters. The number of ether oxygens (including phenoxy) is 2. The highest BCUT2D eigenvalue weighted by Crippen LogP contribution is 2.44. The van der Waals surface area contributed by atoms with Gasteiger partial charge < -0.3 is 25.2 Å². The first kappa shape index (κ1) is 22.8. The molecule has 0 fully saturated rings. The van der Waals surface area contributed by atoms with Crippen LogP contribution in [-0.2, 0) is 9.53 Å². The molecular formula is C26H24N2O6. The Bertz CT molecular complexity index is 1210. The zero-order valence-corrected chi connectivity index (χ0v) is 18.7. The number of carboxylic acid groups (broad SMARTS) is 1. The monoisotopic (exact) mass is 460 g/mol. The van der Waals surface area contributed by atoms with Gasteiger partial charge in [0.25, 0.3) is 0 Å². The van der Waals surface area contributed by atoms with Gasteiger partial charge in [0.05, 0.1) is 18.4 Å². The fourth-order valence-corrected chi connectivity index (χ4v) is 4.06. The molecule has 0 aliphatic heterocycles. The molecule has 0 spiro atoms. The van der Waals surface area contributed by atoms with E-state index in [0.29, 0.717) is 5.75 Å². The number of fused-ring (bicyclic) bond motifs is 3. The Morgan fingerprint density at radius 3 is 2.18 bits per heavy atom. The SMILES string of the molecule is COc1ccc(C(=O)O)cc1NC(=O)[C@H](C)NC(=O)OCC1c2ccccc2-c2ccccc21. The maximum atomic E-state index is 12.6. The molecule has 0 saturated heterocycles. The van der Waals surface area contributed by atoms with E-state index in [4.69, 9.17) is 9.47 Å². The van der Waals surface area contributed by atoms with Crippen LogP contribution in [0.15, 0.2) is 66.7 Å². The Balaban J connectivity index is 1.38. The molecule has 0 heterocycles. The Hall–Kier alpha value is -4.33. The van der Waals surface area contributed by atoms with E-state index < -0.39 is 24.0 Å². The molecule has 2 amide bonds. The summed E-state index contributed by atoms with van der Waals surface area (Å²) < 4.78 is 10.6. The first-order valence-corrected chi connectivity index (χ1v) is 10.7. The van der Waals surface area contributed by atoms with Crippen molar-refractivity contribution in [2.24, 2.45) is 0 Å². The van der Waals surface area contributed by atoms with Crippen molar-refractivity contribution in [2.45, 2.75) is 18.9 Å². The summed E-state index contributed by atoms with van der Waals surface area (Å²) in [5.41, 5.74) is 4.61. The maximum Gasteiger partial charge on any atom is 0.407 e. The predicted molar refractivity (Wildman–Crippen MR) is 126 cm³/mol. The van der Waals surface area contributed by atoms with Crippen molar-refractivity contribution in [1.82, 2.24) is 5.32 Å². The second-order valence-corrected chi connectivity index (χ2v) is 7.90. The van der Waals surface area contributed by atoms with Crippen molar-refractivity contribution in [3.63, 3.8) is 0 Å². The number of methoxy groups -OCH3 is 1. The second-order valence-electron chi connectivity index (χ2n) is 7.90. The standard InChI is InChI=1S/C26H24N2O6/c1-15(24(29)28-22-13-16(25(30)31)11-12-23(22)33-2)27-26(32)34-14-21-19-9-5-3-7-17(19)18-8-4-6-10-20(18)21/h3-13,15,21H,14H2,1-2H3,(H,27,32)(H,28,29)(H,30,31)/t15-/m0/s1. The highest BCUT2D eigenvalue weighted by atomic mass is 16.5. The van der Waals surface area contributed by atoms with E-state index in [0.717, 1.165) is 22.3 Å². The Kier molecular flexibility index (Phi) is 6.49. The van der Waals surface area contributed by atoms with Gasteiger partial charge in [-0.3, -0.25) is 4.79 Å². The zero-order chi connectivity index (χ0) is 24.2. The first-order chi connectivity index (χ1) is 16.4. The van der Waals surface area contributed by atoms with E-state index in [-0.39, 0.29) is 23.8 Å². The number of benzene rings is 3. The van der Waals surface area contributed by atoms with Crippen LogP contribution in [0.3, 0.4) is 0 Å². The molecule has 1 aliphatic rings. The fraction of sp³-hybridized carbons (Fsp3) is 0.192. The average Bonchev–Trinajstić information content (AvgIpc) is 3.16. The van der Waals surface area contributed by atoms with E-state index in [1.165, 1.54) is 32.2 Å². The topological polar surface area (TPSA) is 114 Å². The summed E-state index contributed by atoms with van der Waals surface area (Å²) in [6.45, 7) is 1.63. The number of carboxylic acids is 1. The summed E-state index contributed by atoms with van der Waals surface area (Å²) in [4.78, 5) is 36.3. The summed E-state index contributed by atoms with van der Waals surface area (Å²) in [5, 5.41) is 14.3. The highest BCUT2D eigenvalue weighted by molar-refractivity contribution is 5.99. The molecule has 1 aliphatic carbocycles. The molecule has 4 rings (SSSR count). The third kappa shape index (κ3) is 4.56. The quantitative estimate of drug-likeness (QED) is 0.486. The number of hydrogen-bond acceptors (Lipinski definition) is 5. The molecule has 3 aromatic rings. The Morgan fingerprint density at radius 1 is 0.971 bits per heavy atom. The summed E-state index contributed by atoms with van der Waals surface area (Å²) >= 11 is 0. The number of alkyl carbamates (subject to hydrolysis) is 1. The van der Waals surface area contributed by atoms with Crippen LogP contribution in [-0.4, -0.2) is 42.8 Å². The molecule has 3 aromatic carbocycles. The van der Waals surface area contributed by atoms with Crippen molar-refractivity contribution in [2.75, 3.05) is 19.0 Å². The van der Waals surface area contributed by atoms with Gasteiger partial charge in [0.2, 0.25) is 5.91 Å². The maximum absolute atomic E-state index is 12.6. The van der Waals surface area contributed by atoms with Gasteiger partial charge in [0, 0.05) is 5.92 Å². The molecule has 0 aromatic heterocycles. The van der Waals surface area contributed by atoms with E-state index >= 15 is 0 Å². The second kappa shape index (κ2) is 9.66. The van der Waals surface area contributed by atoms with Crippen molar-refractivity contribution in [3.05, 3.63) is 83.4 Å². The van der Waals surface area contributed by atoms with Gasteiger partial charge in [0.15, 0.2) is 0 Å². The van der Waals surface area contributed by atoms with Gasteiger partial charge in [-0.05, 0) is 47.4 Å². The fourth-order valence-electron chi connectivity index (χ4n) is 4.06. The van der Waals surface area contributed by atoms with Gasteiger partial charge in [-0.1, -0.05) is 48.5 Å². The van der Waals surface area contributed by atoms with Crippen LogP contribution in [0.4, 0.5) is 10.5 Å². The Morgan fingerprint density at radius 2 is 1.59 bits per heavy atom. The minimum Gasteiger partial charge on any atom is -0.495 e. The summed E-state index contributed by atoms with van der Waals surface area (Å²) in [6.07, 6.45) is -0.726. The van der Waals surface area contributed by atoms with Crippen LogP contribution >= 0.6 is 0 Å². The van der Waals surface area contributed by atoms with E-state index in [1.54, 1.807) is 0 Å². The van der Waals surface area contributed by atoms with Crippen LogP contribution in [0.25, 0.3) is 11.1 Å².